The van der Waals surface area contributed by atoms with Crippen molar-refractivity contribution in [3.63, 3.8) is 0 Å². The predicted octanol–water partition coefficient (Wildman–Crippen LogP) is 2.03. The zero-order valence-corrected chi connectivity index (χ0v) is 9.22. The van der Waals surface area contributed by atoms with Crippen LogP contribution in [0.1, 0.15) is 26.2 Å². The van der Waals surface area contributed by atoms with Crippen molar-refractivity contribution in [1.82, 2.24) is 14.5 Å². The Morgan fingerprint density at radius 2 is 2.12 bits per heavy atom. The number of aromatic hydroxyl groups is 2. The highest BCUT2D eigenvalue weighted by Gasteiger charge is 2.10. The van der Waals surface area contributed by atoms with Gasteiger partial charge in [-0.05, 0) is 6.42 Å². The van der Waals surface area contributed by atoms with E-state index >= 15 is 0 Å². The third kappa shape index (κ3) is 1.93. The monoisotopic (exact) mass is 221 g/mol. The lowest BCUT2D eigenvalue weighted by Crippen LogP contribution is -1.97. The molecule has 0 spiro atoms. The molecule has 2 aromatic rings. The minimum Gasteiger partial charge on any atom is -0.506 e. The molecule has 86 valence electrons. The van der Waals surface area contributed by atoms with Gasteiger partial charge in [-0.2, -0.15) is 4.98 Å². The molecule has 0 aliphatic heterocycles. The molecule has 0 aromatic carbocycles. The molecule has 5 nitrogen and oxygen atoms in total. The average Bonchev–Trinajstić information content (AvgIpc) is 2.56. The molecule has 0 aliphatic carbocycles. The molecular formula is C11H15N3O2. The Kier molecular flexibility index (Phi) is 2.94. The van der Waals surface area contributed by atoms with Crippen molar-refractivity contribution < 1.29 is 10.2 Å². The first-order valence-corrected chi connectivity index (χ1v) is 5.46. The van der Waals surface area contributed by atoms with Gasteiger partial charge in [-0.15, -0.1) is 0 Å². The van der Waals surface area contributed by atoms with Crippen molar-refractivity contribution >= 4 is 11.2 Å². The highest BCUT2D eigenvalue weighted by molar-refractivity contribution is 5.73. The van der Waals surface area contributed by atoms with Crippen molar-refractivity contribution in [3.05, 3.63) is 12.3 Å². The number of fused-ring (bicyclic) bond motifs is 1. The molecule has 0 saturated heterocycles. The van der Waals surface area contributed by atoms with E-state index < -0.39 is 0 Å². The number of imidazole rings is 1. The Bertz CT molecular complexity index is 493. The number of aromatic nitrogens is 3. The number of hydrogen-bond donors (Lipinski definition) is 2. The summed E-state index contributed by atoms with van der Waals surface area (Å²) >= 11 is 0. The van der Waals surface area contributed by atoms with Crippen molar-refractivity contribution in [2.24, 2.45) is 0 Å². The zero-order chi connectivity index (χ0) is 11.5. The van der Waals surface area contributed by atoms with Crippen molar-refractivity contribution in [3.8, 4) is 11.8 Å². The summed E-state index contributed by atoms with van der Waals surface area (Å²) in [5.74, 6) is 0.0872. The van der Waals surface area contributed by atoms with Gasteiger partial charge in [0.05, 0.1) is 11.7 Å². The second kappa shape index (κ2) is 4.38. The number of rotatable bonds is 4. The van der Waals surface area contributed by atoms with Gasteiger partial charge in [-0.3, -0.25) is 4.57 Å². The third-order valence-corrected chi connectivity index (χ3v) is 2.56. The second-order valence-corrected chi connectivity index (χ2v) is 3.81. The molecule has 0 unspecified atom stereocenters. The van der Waals surface area contributed by atoms with Crippen LogP contribution in [0.15, 0.2) is 12.3 Å². The number of nitrogens with zero attached hydrogens (tertiary/aromatic N) is 3. The molecule has 0 atom stereocenters. The molecule has 0 fully saturated rings. The van der Waals surface area contributed by atoms with E-state index in [9.17, 15) is 10.2 Å². The fraction of sp³-hybridized carbons (Fsp3) is 0.455. The maximum absolute atomic E-state index is 9.65. The van der Waals surface area contributed by atoms with Crippen LogP contribution in [0.2, 0.25) is 0 Å². The van der Waals surface area contributed by atoms with Crippen LogP contribution in [0, 0.1) is 0 Å². The van der Waals surface area contributed by atoms with E-state index in [1.165, 1.54) is 6.20 Å². The summed E-state index contributed by atoms with van der Waals surface area (Å²) in [6.07, 6.45) is 4.53. The van der Waals surface area contributed by atoms with Gasteiger partial charge in [0, 0.05) is 12.6 Å². The molecule has 2 aromatic heterocycles. The van der Waals surface area contributed by atoms with Crippen LogP contribution in [-0.2, 0) is 6.54 Å². The number of hydrogen-bond acceptors (Lipinski definition) is 4. The van der Waals surface area contributed by atoms with Crippen molar-refractivity contribution in [1.29, 1.82) is 0 Å². The first kappa shape index (κ1) is 10.7. The van der Waals surface area contributed by atoms with Gasteiger partial charge in [0.25, 0.3) is 6.01 Å². The molecule has 0 bridgehead atoms. The highest BCUT2D eigenvalue weighted by atomic mass is 16.3. The maximum atomic E-state index is 9.65. The molecule has 5 heteroatoms. The van der Waals surface area contributed by atoms with E-state index in [0.717, 1.165) is 19.3 Å². The molecule has 2 N–H and O–H groups in total. The van der Waals surface area contributed by atoms with Crippen LogP contribution in [0.3, 0.4) is 0 Å². The number of aryl methyl sites for hydroxylation is 1. The maximum Gasteiger partial charge on any atom is 0.296 e. The molecule has 0 amide bonds. The molecule has 2 rings (SSSR count). The predicted molar refractivity (Wildman–Crippen MR) is 60.4 cm³/mol. The molecular weight excluding hydrogens is 206 g/mol. The summed E-state index contributed by atoms with van der Waals surface area (Å²) < 4.78 is 1.68. The van der Waals surface area contributed by atoms with E-state index in [2.05, 4.69) is 16.9 Å². The standard InChI is InChI=1S/C11H15N3O2/c1-2-3-4-5-14-9-6-8(15)7-12-10(9)13-11(14)16/h6-7,15H,2-5H2,1H3,(H,12,13,16). The Balaban J connectivity index is 2.34. The third-order valence-electron chi connectivity index (χ3n) is 2.56. The van der Waals surface area contributed by atoms with E-state index in [0.29, 0.717) is 17.7 Å². The summed E-state index contributed by atoms with van der Waals surface area (Å²) in [7, 11) is 0. The summed E-state index contributed by atoms with van der Waals surface area (Å²) in [4.78, 5) is 7.88. The average molecular weight is 221 g/mol. The summed E-state index contributed by atoms with van der Waals surface area (Å²) in [6.45, 7) is 2.82. The van der Waals surface area contributed by atoms with Gasteiger partial charge in [-0.25, -0.2) is 4.98 Å². The quantitative estimate of drug-likeness (QED) is 0.775. The highest BCUT2D eigenvalue weighted by Crippen LogP contribution is 2.22. The summed E-state index contributed by atoms with van der Waals surface area (Å²) in [5, 5.41) is 19.0. The number of unbranched alkanes of at least 4 members (excludes halogenated alkanes) is 2. The van der Waals surface area contributed by atoms with Gasteiger partial charge < -0.3 is 10.2 Å². The Labute approximate surface area is 93.4 Å². The largest absolute Gasteiger partial charge is 0.506 e. The topological polar surface area (TPSA) is 71.2 Å². The van der Waals surface area contributed by atoms with Crippen LogP contribution in [0.5, 0.6) is 11.8 Å². The van der Waals surface area contributed by atoms with Crippen LogP contribution >= 0.6 is 0 Å². The molecule has 0 saturated carbocycles. The zero-order valence-electron chi connectivity index (χ0n) is 9.22. The van der Waals surface area contributed by atoms with Crippen molar-refractivity contribution in [2.75, 3.05) is 0 Å². The normalized spacial score (nSPS) is 11.1. The van der Waals surface area contributed by atoms with E-state index in [-0.39, 0.29) is 11.8 Å². The number of pyridine rings is 1. The summed E-state index contributed by atoms with van der Waals surface area (Å²) in [6, 6.07) is 1.53. The Morgan fingerprint density at radius 3 is 2.88 bits per heavy atom. The molecule has 0 aliphatic rings. The van der Waals surface area contributed by atoms with E-state index in [4.69, 9.17) is 0 Å². The van der Waals surface area contributed by atoms with Gasteiger partial charge in [0.2, 0.25) is 0 Å². The smallest absolute Gasteiger partial charge is 0.296 e. The van der Waals surface area contributed by atoms with Crippen LogP contribution in [0.4, 0.5) is 0 Å². The van der Waals surface area contributed by atoms with Crippen LogP contribution in [-0.4, -0.2) is 24.7 Å². The molecule has 2 heterocycles. The van der Waals surface area contributed by atoms with Crippen LogP contribution in [0.25, 0.3) is 11.2 Å². The lowest BCUT2D eigenvalue weighted by Gasteiger charge is -2.04. The fourth-order valence-corrected chi connectivity index (χ4v) is 1.72. The molecule has 16 heavy (non-hydrogen) atoms. The van der Waals surface area contributed by atoms with Gasteiger partial charge in [0.15, 0.2) is 5.65 Å². The minimum atomic E-state index is -0.0378. The lowest BCUT2D eigenvalue weighted by molar-refractivity contribution is 0.397. The minimum absolute atomic E-state index is 0.0378. The van der Waals surface area contributed by atoms with Gasteiger partial charge in [0.1, 0.15) is 5.75 Å². The summed E-state index contributed by atoms with van der Waals surface area (Å²) in [5.41, 5.74) is 1.14. The fourth-order valence-electron chi connectivity index (χ4n) is 1.72. The Morgan fingerprint density at radius 1 is 1.31 bits per heavy atom. The van der Waals surface area contributed by atoms with E-state index in [1.54, 1.807) is 10.6 Å². The van der Waals surface area contributed by atoms with Crippen LogP contribution < -0.4 is 0 Å². The van der Waals surface area contributed by atoms with Crippen molar-refractivity contribution in [2.45, 2.75) is 32.7 Å². The Hall–Kier alpha value is -1.78. The van der Waals surface area contributed by atoms with Gasteiger partial charge in [-0.1, -0.05) is 19.8 Å². The first-order chi connectivity index (χ1) is 7.72. The first-order valence-electron chi connectivity index (χ1n) is 5.46. The van der Waals surface area contributed by atoms with Gasteiger partial charge >= 0.3 is 0 Å². The lowest BCUT2D eigenvalue weighted by atomic mass is 10.2. The van der Waals surface area contributed by atoms with E-state index in [1.807, 2.05) is 0 Å². The SMILES string of the molecule is CCCCCn1c(O)nc2ncc(O)cc21. The molecule has 0 radical (unpaired) electrons. The second-order valence-electron chi connectivity index (χ2n) is 3.81.